The van der Waals surface area contributed by atoms with Gasteiger partial charge in [-0.25, -0.2) is 4.98 Å². The topological polar surface area (TPSA) is 41.1 Å². The Morgan fingerprint density at radius 3 is 2.84 bits per heavy atom. The summed E-state index contributed by atoms with van der Waals surface area (Å²) in [6.07, 6.45) is 3.23. The van der Waals surface area contributed by atoms with E-state index in [-0.39, 0.29) is 0 Å². The molecule has 25 heavy (non-hydrogen) atoms. The van der Waals surface area contributed by atoms with Crippen LogP contribution in [0.5, 0.6) is 5.75 Å². The quantitative estimate of drug-likeness (QED) is 0.706. The largest absolute Gasteiger partial charge is 0.490 e. The van der Waals surface area contributed by atoms with Crippen LogP contribution >= 0.6 is 15.9 Å². The number of piperidine rings is 1. The van der Waals surface area contributed by atoms with E-state index in [1.165, 1.54) is 5.56 Å². The second-order valence-corrected chi connectivity index (χ2v) is 7.67. The van der Waals surface area contributed by atoms with Crippen LogP contribution in [0.3, 0.4) is 0 Å². The molecule has 3 aromatic rings. The normalized spacial score (nSPS) is 16.4. The number of likely N-dealkylation sites (tertiary alicyclic amines) is 1. The third kappa shape index (κ3) is 3.88. The molecule has 1 saturated heterocycles. The SMILES string of the molecule is CN1CCC(Oc2ccccc2Cc2nc3cc(Br)ccc3[nH]2)CC1. The molecule has 1 aliphatic rings. The lowest BCUT2D eigenvalue weighted by atomic mass is 10.1. The minimum Gasteiger partial charge on any atom is -0.490 e. The summed E-state index contributed by atoms with van der Waals surface area (Å²) in [7, 11) is 2.17. The Morgan fingerprint density at radius 2 is 2.00 bits per heavy atom. The number of nitrogens with one attached hydrogen (secondary N) is 1. The smallest absolute Gasteiger partial charge is 0.123 e. The molecule has 0 spiro atoms. The molecule has 0 aliphatic carbocycles. The fraction of sp³-hybridized carbons (Fsp3) is 0.350. The summed E-state index contributed by atoms with van der Waals surface area (Å²) in [5, 5.41) is 0. The minimum atomic E-state index is 0.309. The van der Waals surface area contributed by atoms with Gasteiger partial charge in [-0.2, -0.15) is 0 Å². The minimum absolute atomic E-state index is 0.309. The molecule has 1 aliphatic heterocycles. The second kappa shape index (κ2) is 7.18. The van der Waals surface area contributed by atoms with Gasteiger partial charge in [-0.3, -0.25) is 0 Å². The molecule has 0 bridgehead atoms. The molecule has 0 amide bonds. The summed E-state index contributed by atoms with van der Waals surface area (Å²) in [4.78, 5) is 10.5. The molecule has 1 fully saturated rings. The lowest BCUT2D eigenvalue weighted by Crippen LogP contribution is -2.35. The van der Waals surface area contributed by atoms with E-state index in [1.54, 1.807) is 0 Å². The molecule has 0 radical (unpaired) electrons. The Hall–Kier alpha value is -1.85. The first kappa shape index (κ1) is 16.6. The first-order valence-corrected chi connectivity index (χ1v) is 9.54. The van der Waals surface area contributed by atoms with Crippen molar-refractivity contribution in [2.75, 3.05) is 20.1 Å². The van der Waals surface area contributed by atoms with E-state index in [0.29, 0.717) is 6.10 Å². The lowest BCUT2D eigenvalue weighted by Gasteiger charge is -2.29. The number of H-pyrrole nitrogens is 1. The highest BCUT2D eigenvalue weighted by atomic mass is 79.9. The van der Waals surface area contributed by atoms with Crippen molar-refractivity contribution in [2.45, 2.75) is 25.4 Å². The van der Waals surface area contributed by atoms with Gasteiger partial charge in [0.05, 0.1) is 11.0 Å². The van der Waals surface area contributed by atoms with Crippen LogP contribution in [-0.4, -0.2) is 41.1 Å². The third-order valence-electron chi connectivity index (χ3n) is 4.78. The van der Waals surface area contributed by atoms with Crippen LogP contribution in [0, 0.1) is 0 Å². The van der Waals surface area contributed by atoms with Gasteiger partial charge in [-0.05, 0) is 44.2 Å². The molecule has 0 saturated carbocycles. The van der Waals surface area contributed by atoms with Gasteiger partial charge in [0, 0.05) is 29.5 Å². The maximum Gasteiger partial charge on any atom is 0.123 e. The zero-order chi connectivity index (χ0) is 17.2. The highest BCUT2D eigenvalue weighted by Crippen LogP contribution is 2.26. The van der Waals surface area contributed by atoms with E-state index < -0.39 is 0 Å². The van der Waals surface area contributed by atoms with Gasteiger partial charge in [0.15, 0.2) is 0 Å². The van der Waals surface area contributed by atoms with Crippen molar-refractivity contribution >= 4 is 27.0 Å². The third-order valence-corrected chi connectivity index (χ3v) is 5.28. The van der Waals surface area contributed by atoms with E-state index in [0.717, 1.165) is 59.4 Å². The van der Waals surface area contributed by atoms with E-state index >= 15 is 0 Å². The zero-order valence-corrected chi connectivity index (χ0v) is 15.9. The summed E-state index contributed by atoms with van der Waals surface area (Å²) >= 11 is 3.50. The number of hydrogen-bond acceptors (Lipinski definition) is 3. The van der Waals surface area contributed by atoms with Gasteiger partial charge in [0.2, 0.25) is 0 Å². The average molecular weight is 400 g/mol. The molecule has 2 heterocycles. The summed E-state index contributed by atoms with van der Waals surface area (Å²) in [5.74, 6) is 1.95. The van der Waals surface area contributed by atoms with Crippen molar-refractivity contribution < 1.29 is 4.74 Å². The average Bonchev–Trinajstić information content (AvgIpc) is 3.00. The Morgan fingerprint density at radius 1 is 1.20 bits per heavy atom. The fourth-order valence-electron chi connectivity index (χ4n) is 3.34. The number of ether oxygens (including phenoxy) is 1. The predicted molar refractivity (Wildman–Crippen MR) is 104 cm³/mol. The summed E-state index contributed by atoms with van der Waals surface area (Å²) < 4.78 is 7.37. The number of halogens is 1. The van der Waals surface area contributed by atoms with Crippen molar-refractivity contribution in [1.82, 2.24) is 14.9 Å². The van der Waals surface area contributed by atoms with E-state index in [2.05, 4.69) is 57.1 Å². The molecular weight excluding hydrogens is 378 g/mol. The van der Waals surface area contributed by atoms with Crippen LogP contribution < -0.4 is 4.74 Å². The van der Waals surface area contributed by atoms with E-state index in [1.807, 2.05) is 18.2 Å². The number of rotatable bonds is 4. The standard InChI is InChI=1S/C20H22BrN3O/c1-24-10-8-16(9-11-24)25-19-5-3-2-4-14(19)12-20-22-17-7-6-15(21)13-18(17)23-20/h2-7,13,16H,8-12H2,1H3,(H,22,23). The summed E-state index contributed by atoms with van der Waals surface area (Å²) in [5.41, 5.74) is 3.23. The predicted octanol–water partition coefficient (Wildman–Crippen LogP) is 4.39. The first-order chi connectivity index (χ1) is 12.2. The maximum absolute atomic E-state index is 6.32. The number of imidazole rings is 1. The van der Waals surface area contributed by atoms with Crippen molar-refractivity contribution in [3.63, 3.8) is 0 Å². The molecule has 0 atom stereocenters. The number of para-hydroxylation sites is 1. The highest BCUT2D eigenvalue weighted by Gasteiger charge is 2.19. The van der Waals surface area contributed by atoms with Crippen molar-refractivity contribution in [1.29, 1.82) is 0 Å². The summed E-state index contributed by atoms with van der Waals surface area (Å²) in [6, 6.07) is 14.4. The van der Waals surface area contributed by atoms with Gasteiger partial charge in [-0.15, -0.1) is 0 Å². The molecule has 1 N–H and O–H groups in total. The fourth-order valence-corrected chi connectivity index (χ4v) is 3.69. The Labute approximate surface area is 156 Å². The molecule has 1 aromatic heterocycles. The van der Waals surface area contributed by atoms with Crippen molar-refractivity contribution in [3.8, 4) is 5.75 Å². The van der Waals surface area contributed by atoms with Crippen LogP contribution in [0.15, 0.2) is 46.9 Å². The van der Waals surface area contributed by atoms with Crippen molar-refractivity contribution in [2.24, 2.45) is 0 Å². The van der Waals surface area contributed by atoms with Crippen molar-refractivity contribution in [3.05, 3.63) is 58.3 Å². The second-order valence-electron chi connectivity index (χ2n) is 6.75. The molecule has 130 valence electrons. The number of aromatic amines is 1. The molecule has 2 aromatic carbocycles. The molecule has 0 unspecified atom stereocenters. The van der Waals surface area contributed by atoms with Crippen LogP contribution in [0.25, 0.3) is 11.0 Å². The highest BCUT2D eigenvalue weighted by molar-refractivity contribution is 9.10. The van der Waals surface area contributed by atoms with Crippen LogP contribution in [0.1, 0.15) is 24.2 Å². The van der Waals surface area contributed by atoms with Gasteiger partial charge in [0.25, 0.3) is 0 Å². The number of nitrogens with zero attached hydrogens (tertiary/aromatic N) is 2. The van der Waals surface area contributed by atoms with E-state index in [4.69, 9.17) is 9.72 Å². The maximum atomic E-state index is 6.32. The molecule has 5 heteroatoms. The lowest BCUT2D eigenvalue weighted by molar-refractivity contribution is 0.113. The summed E-state index contributed by atoms with van der Waals surface area (Å²) in [6.45, 7) is 2.20. The molecule has 4 nitrogen and oxygen atoms in total. The Kier molecular flexibility index (Phi) is 4.77. The van der Waals surface area contributed by atoms with Gasteiger partial charge in [0.1, 0.15) is 17.7 Å². The van der Waals surface area contributed by atoms with Gasteiger partial charge in [-0.1, -0.05) is 34.1 Å². The molecule has 4 rings (SSSR count). The van der Waals surface area contributed by atoms with Gasteiger partial charge >= 0.3 is 0 Å². The van der Waals surface area contributed by atoms with Crippen LogP contribution in [0.2, 0.25) is 0 Å². The number of aromatic nitrogens is 2. The van der Waals surface area contributed by atoms with Crippen LogP contribution in [0.4, 0.5) is 0 Å². The first-order valence-electron chi connectivity index (χ1n) is 8.74. The zero-order valence-electron chi connectivity index (χ0n) is 14.3. The van der Waals surface area contributed by atoms with Crippen LogP contribution in [-0.2, 0) is 6.42 Å². The monoisotopic (exact) mass is 399 g/mol. The van der Waals surface area contributed by atoms with E-state index in [9.17, 15) is 0 Å². The van der Waals surface area contributed by atoms with Gasteiger partial charge < -0.3 is 14.6 Å². The molecular formula is C20H22BrN3O. The number of hydrogen-bond donors (Lipinski definition) is 1. The number of benzene rings is 2. The Balaban J connectivity index is 1.53. The Bertz CT molecular complexity index is 868. The number of fused-ring (bicyclic) bond motifs is 1.